The van der Waals surface area contributed by atoms with E-state index in [-0.39, 0.29) is 22.8 Å². The Balaban J connectivity index is 3.10. The lowest BCUT2D eigenvalue weighted by Gasteiger charge is -2.03. The van der Waals surface area contributed by atoms with Crippen molar-refractivity contribution < 1.29 is 18.3 Å². The average Bonchev–Trinajstić information content (AvgIpc) is 2.18. The molecule has 0 aliphatic heterocycles. The van der Waals surface area contributed by atoms with E-state index < -0.39 is 15.8 Å². The molecule has 0 atom stereocenters. The third-order valence-corrected chi connectivity index (χ3v) is 3.41. The van der Waals surface area contributed by atoms with Gasteiger partial charge >= 0.3 is 5.97 Å². The lowest BCUT2D eigenvalue weighted by atomic mass is 10.2. The van der Waals surface area contributed by atoms with E-state index in [9.17, 15) is 13.2 Å². The predicted molar refractivity (Wildman–Crippen MR) is 52.2 cm³/mol. The van der Waals surface area contributed by atoms with Gasteiger partial charge in [0.2, 0.25) is 0 Å². The monoisotopic (exact) mass is 230 g/mol. The summed E-state index contributed by atoms with van der Waals surface area (Å²) in [5.74, 6) is -1.64. The molecule has 0 saturated heterocycles. The first-order valence-electron chi connectivity index (χ1n) is 4.19. The Morgan fingerprint density at radius 1 is 1.53 bits per heavy atom. The van der Waals surface area contributed by atoms with Crippen LogP contribution in [0.25, 0.3) is 0 Å². The predicted octanol–water partition coefficient (Wildman–Crippen LogP) is 0.110. The Bertz CT molecular complexity index is 469. The van der Waals surface area contributed by atoms with Crippen LogP contribution in [0.3, 0.4) is 0 Å². The van der Waals surface area contributed by atoms with E-state index >= 15 is 0 Å². The maximum Gasteiger partial charge on any atom is 0.339 e. The highest BCUT2D eigenvalue weighted by atomic mass is 32.2. The molecule has 0 fully saturated rings. The van der Waals surface area contributed by atoms with Crippen LogP contribution in [0.4, 0.5) is 0 Å². The van der Waals surface area contributed by atoms with E-state index in [1.54, 1.807) is 0 Å². The highest BCUT2D eigenvalue weighted by Crippen LogP contribution is 2.08. The summed E-state index contributed by atoms with van der Waals surface area (Å²) in [4.78, 5) is 17.9. The molecule has 7 heteroatoms. The van der Waals surface area contributed by atoms with Gasteiger partial charge in [0.15, 0.2) is 9.84 Å². The molecule has 6 nitrogen and oxygen atoms in total. The zero-order valence-corrected chi connectivity index (χ0v) is 8.86. The molecular weight excluding hydrogens is 220 g/mol. The van der Waals surface area contributed by atoms with Crippen molar-refractivity contribution in [1.82, 2.24) is 9.97 Å². The van der Waals surface area contributed by atoms with Crippen LogP contribution in [0.15, 0.2) is 12.5 Å². The Labute approximate surface area is 86.9 Å². The van der Waals surface area contributed by atoms with Crippen LogP contribution in [0, 0.1) is 0 Å². The van der Waals surface area contributed by atoms with Crippen molar-refractivity contribution >= 4 is 15.8 Å². The summed E-state index contributed by atoms with van der Waals surface area (Å²) in [5, 5.41) is 8.76. The fraction of sp³-hybridized carbons (Fsp3) is 0.375. The van der Waals surface area contributed by atoms with Crippen molar-refractivity contribution in [2.75, 3.05) is 5.75 Å². The van der Waals surface area contributed by atoms with Crippen LogP contribution >= 0.6 is 0 Å². The number of aromatic nitrogens is 2. The van der Waals surface area contributed by atoms with E-state index in [1.807, 2.05) is 0 Å². The molecule has 15 heavy (non-hydrogen) atoms. The summed E-state index contributed by atoms with van der Waals surface area (Å²) in [6.45, 7) is 1.50. The molecule has 1 heterocycles. The van der Waals surface area contributed by atoms with Gasteiger partial charge in [-0.1, -0.05) is 6.92 Å². The van der Waals surface area contributed by atoms with Crippen LogP contribution in [-0.4, -0.2) is 35.2 Å². The van der Waals surface area contributed by atoms with E-state index in [1.165, 1.54) is 6.92 Å². The van der Waals surface area contributed by atoms with Crippen LogP contribution < -0.4 is 0 Å². The van der Waals surface area contributed by atoms with Crippen molar-refractivity contribution in [2.45, 2.75) is 12.7 Å². The summed E-state index contributed by atoms with van der Waals surface area (Å²) >= 11 is 0. The molecule has 1 N–H and O–H groups in total. The van der Waals surface area contributed by atoms with Gasteiger partial charge in [0.1, 0.15) is 11.9 Å². The molecule has 0 radical (unpaired) electrons. The third kappa shape index (κ3) is 2.98. The van der Waals surface area contributed by atoms with E-state index in [2.05, 4.69) is 9.97 Å². The summed E-state index contributed by atoms with van der Waals surface area (Å²) in [5.41, 5.74) is -0.145. The molecule has 1 aromatic heterocycles. The normalized spacial score (nSPS) is 11.3. The van der Waals surface area contributed by atoms with Gasteiger partial charge in [0.05, 0.1) is 11.4 Å². The van der Waals surface area contributed by atoms with Gasteiger partial charge in [0.25, 0.3) is 0 Å². The first kappa shape index (κ1) is 11.6. The molecule has 1 rings (SSSR count). The summed E-state index contributed by atoms with van der Waals surface area (Å²) in [6, 6.07) is 0. The molecule has 0 saturated carbocycles. The van der Waals surface area contributed by atoms with Gasteiger partial charge in [-0.05, 0) is 0 Å². The quantitative estimate of drug-likeness (QED) is 0.788. The topological polar surface area (TPSA) is 97.2 Å². The van der Waals surface area contributed by atoms with Gasteiger partial charge in [-0.2, -0.15) is 0 Å². The Morgan fingerprint density at radius 3 is 2.73 bits per heavy atom. The molecule has 0 aromatic carbocycles. The van der Waals surface area contributed by atoms with Crippen molar-refractivity contribution in [1.29, 1.82) is 0 Å². The fourth-order valence-corrected chi connectivity index (χ4v) is 1.81. The Morgan fingerprint density at radius 2 is 2.20 bits per heavy atom. The lowest BCUT2D eigenvalue weighted by Crippen LogP contribution is -2.13. The number of sulfone groups is 1. The van der Waals surface area contributed by atoms with Crippen LogP contribution in [0.5, 0.6) is 0 Å². The van der Waals surface area contributed by atoms with Crippen LogP contribution in [0.2, 0.25) is 0 Å². The Hall–Kier alpha value is -1.50. The van der Waals surface area contributed by atoms with Crippen molar-refractivity contribution in [2.24, 2.45) is 0 Å². The fourth-order valence-electron chi connectivity index (χ4n) is 0.959. The number of rotatable bonds is 4. The van der Waals surface area contributed by atoms with Crippen molar-refractivity contribution in [3.63, 3.8) is 0 Å². The first-order chi connectivity index (χ1) is 6.96. The van der Waals surface area contributed by atoms with Crippen molar-refractivity contribution in [3.8, 4) is 0 Å². The van der Waals surface area contributed by atoms with Gasteiger partial charge in [-0.25, -0.2) is 23.2 Å². The number of hydrogen-bond donors (Lipinski definition) is 1. The second-order valence-electron chi connectivity index (χ2n) is 2.86. The van der Waals surface area contributed by atoms with Crippen molar-refractivity contribution in [3.05, 3.63) is 23.8 Å². The molecule has 0 amide bonds. The second-order valence-corrected chi connectivity index (χ2v) is 5.22. The zero-order valence-electron chi connectivity index (χ0n) is 8.04. The minimum absolute atomic E-state index is 0.0272. The van der Waals surface area contributed by atoms with Gasteiger partial charge in [-0.15, -0.1) is 0 Å². The number of carboxylic acid groups (broad SMARTS) is 1. The number of carbonyl (C=O) groups is 1. The minimum Gasteiger partial charge on any atom is -0.478 e. The first-order valence-corrected chi connectivity index (χ1v) is 6.01. The summed E-state index contributed by atoms with van der Waals surface area (Å²) < 4.78 is 22.6. The van der Waals surface area contributed by atoms with Gasteiger partial charge in [0, 0.05) is 11.9 Å². The molecule has 1 aromatic rings. The van der Waals surface area contributed by atoms with Crippen LogP contribution in [-0.2, 0) is 15.6 Å². The van der Waals surface area contributed by atoms with E-state index in [0.29, 0.717) is 0 Å². The maximum absolute atomic E-state index is 11.3. The summed E-state index contributed by atoms with van der Waals surface area (Å²) in [7, 11) is -3.28. The van der Waals surface area contributed by atoms with E-state index in [4.69, 9.17) is 5.11 Å². The Kier molecular flexibility index (Phi) is 3.35. The van der Waals surface area contributed by atoms with Gasteiger partial charge in [-0.3, -0.25) is 0 Å². The largest absolute Gasteiger partial charge is 0.478 e. The highest BCUT2D eigenvalue weighted by molar-refractivity contribution is 7.90. The molecule has 0 aliphatic rings. The molecular formula is C8H10N2O4S. The van der Waals surface area contributed by atoms with E-state index in [0.717, 1.165) is 12.5 Å². The van der Waals surface area contributed by atoms with Crippen LogP contribution in [0.1, 0.15) is 23.0 Å². The molecule has 0 unspecified atom stereocenters. The standard InChI is InChI=1S/C8H10N2O4S/c1-2-15(13,14)4-7-6(8(11)12)3-9-5-10-7/h3,5H,2,4H2,1H3,(H,11,12). The molecule has 0 spiro atoms. The average molecular weight is 230 g/mol. The lowest BCUT2D eigenvalue weighted by molar-refractivity contribution is 0.0695. The molecule has 0 aliphatic carbocycles. The zero-order chi connectivity index (χ0) is 11.5. The number of hydrogen-bond acceptors (Lipinski definition) is 5. The SMILES string of the molecule is CCS(=O)(=O)Cc1ncncc1C(=O)O. The number of aromatic carboxylic acids is 1. The molecule has 82 valence electrons. The minimum atomic E-state index is -3.28. The number of nitrogens with zero attached hydrogens (tertiary/aromatic N) is 2. The smallest absolute Gasteiger partial charge is 0.339 e. The maximum atomic E-state index is 11.3. The third-order valence-electron chi connectivity index (χ3n) is 1.82. The van der Waals surface area contributed by atoms with Gasteiger partial charge < -0.3 is 5.11 Å². The summed E-state index contributed by atoms with van der Waals surface area (Å²) in [6.07, 6.45) is 2.22. The number of carboxylic acids is 1. The second kappa shape index (κ2) is 4.35. The highest BCUT2D eigenvalue weighted by Gasteiger charge is 2.17. The molecule has 0 bridgehead atoms.